The van der Waals surface area contributed by atoms with Gasteiger partial charge in [-0.05, 0) is 47.9 Å². The van der Waals surface area contributed by atoms with Gasteiger partial charge in [-0.25, -0.2) is 4.98 Å². The largest absolute Gasteiger partial charge is 0.491 e. The van der Waals surface area contributed by atoms with Crippen LogP contribution in [-0.4, -0.2) is 46.0 Å². The number of halogens is 4. The Balaban J connectivity index is 0.00000304. The van der Waals surface area contributed by atoms with Crippen molar-refractivity contribution in [2.75, 3.05) is 24.7 Å². The number of nitrogens with one attached hydrogen (secondary N) is 1. The van der Waals surface area contributed by atoms with E-state index in [1.807, 2.05) is 29.2 Å². The second-order valence-electron chi connectivity index (χ2n) is 8.28. The van der Waals surface area contributed by atoms with Crippen molar-refractivity contribution in [3.05, 3.63) is 75.4 Å². The lowest BCUT2D eigenvalue weighted by atomic mass is 9.92. The number of aromatic nitrogens is 2. The highest BCUT2D eigenvalue weighted by Crippen LogP contribution is 2.43. The fourth-order valence-corrected chi connectivity index (χ4v) is 5.39. The predicted molar refractivity (Wildman–Crippen MR) is 130 cm³/mol. The van der Waals surface area contributed by atoms with Gasteiger partial charge < -0.3 is 24.8 Å². The van der Waals surface area contributed by atoms with E-state index in [2.05, 4.69) is 9.97 Å². The summed E-state index contributed by atoms with van der Waals surface area (Å²) in [5.41, 5.74) is 2.78. The molecule has 5 rings (SSSR count). The van der Waals surface area contributed by atoms with E-state index in [1.54, 1.807) is 18.2 Å². The summed E-state index contributed by atoms with van der Waals surface area (Å²) in [4.78, 5) is 9.24. The molecule has 0 amide bonds. The van der Waals surface area contributed by atoms with Gasteiger partial charge in [0.05, 0.1) is 12.6 Å². The van der Waals surface area contributed by atoms with Crippen LogP contribution in [0.3, 0.4) is 0 Å². The van der Waals surface area contributed by atoms with E-state index in [-0.39, 0.29) is 13.2 Å². The van der Waals surface area contributed by atoms with Crippen LogP contribution in [0.4, 0.5) is 18.3 Å². The molecule has 11 heteroatoms. The minimum absolute atomic E-state index is 0. The highest BCUT2D eigenvalue weighted by molar-refractivity contribution is 7.13. The number of alkyl halides is 3. The summed E-state index contributed by atoms with van der Waals surface area (Å²) in [6, 6.07) is 12.3. The summed E-state index contributed by atoms with van der Waals surface area (Å²) >= 11 is 7.20. The zero-order chi connectivity index (χ0) is 24.7. The van der Waals surface area contributed by atoms with Crippen LogP contribution in [0, 0.1) is 0 Å². The lowest BCUT2D eigenvalue weighted by Crippen LogP contribution is -2.36. The molecule has 0 saturated carbocycles. The number of H-pyrrole nitrogens is 1. The number of nitrogens with zero attached hydrogens (tertiary/aromatic N) is 2. The summed E-state index contributed by atoms with van der Waals surface area (Å²) in [6.07, 6.45) is -4.88. The van der Waals surface area contributed by atoms with E-state index in [9.17, 15) is 18.3 Å². The van der Waals surface area contributed by atoms with Crippen LogP contribution in [0.5, 0.6) is 5.75 Å². The Kier molecular flexibility index (Phi) is 6.39. The lowest BCUT2D eigenvalue weighted by Gasteiger charge is -2.36. The van der Waals surface area contributed by atoms with Crippen molar-refractivity contribution in [3.63, 3.8) is 0 Å². The van der Waals surface area contributed by atoms with E-state index < -0.39 is 30.6 Å². The zero-order valence-corrected chi connectivity index (χ0v) is 19.8. The van der Waals surface area contributed by atoms with Gasteiger partial charge >= 0.3 is 6.18 Å². The maximum atomic E-state index is 13.3. The molecular weight excluding hydrogens is 503 g/mol. The molecule has 0 spiro atoms. The van der Waals surface area contributed by atoms with E-state index in [0.717, 1.165) is 44.4 Å². The first kappa shape index (κ1) is 23.9. The fourth-order valence-electron chi connectivity index (χ4n) is 4.33. The molecule has 0 aliphatic carbocycles. The first-order chi connectivity index (χ1) is 16.7. The van der Waals surface area contributed by atoms with Gasteiger partial charge in [0.15, 0.2) is 10.8 Å². The number of hydrogen-bond donors (Lipinski definition) is 3. The Bertz CT molecular complexity index is 1350. The van der Waals surface area contributed by atoms with Gasteiger partial charge in [-0.3, -0.25) is 0 Å². The van der Waals surface area contributed by atoms with Gasteiger partial charge in [0, 0.05) is 35.0 Å². The van der Waals surface area contributed by atoms with Crippen LogP contribution in [0.2, 0.25) is 5.02 Å². The number of fused-ring (bicyclic) bond motifs is 3. The maximum Gasteiger partial charge on any atom is 0.434 e. The van der Waals surface area contributed by atoms with Crippen LogP contribution in [0.25, 0.3) is 10.9 Å². The Morgan fingerprint density at radius 2 is 2.03 bits per heavy atom. The van der Waals surface area contributed by atoms with E-state index >= 15 is 0 Å². The van der Waals surface area contributed by atoms with Gasteiger partial charge in [0.25, 0.3) is 0 Å². The summed E-state index contributed by atoms with van der Waals surface area (Å²) < 4.78 is 45.3. The highest BCUT2D eigenvalue weighted by atomic mass is 35.5. The van der Waals surface area contributed by atoms with Gasteiger partial charge in [0.1, 0.15) is 18.5 Å². The van der Waals surface area contributed by atoms with Gasteiger partial charge in [0.2, 0.25) is 0 Å². The monoisotopic (exact) mass is 525 g/mol. The predicted octanol–water partition coefficient (Wildman–Crippen LogP) is 5.43. The fraction of sp³-hybridized carbons (Fsp3) is 0.292. The number of aliphatic hydroxyl groups excluding tert-OH is 2. The molecule has 2 aromatic heterocycles. The summed E-state index contributed by atoms with van der Waals surface area (Å²) in [5, 5.41) is 21.4. The molecule has 2 aromatic carbocycles. The molecule has 6 nitrogen and oxygen atoms in total. The van der Waals surface area contributed by atoms with Crippen molar-refractivity contribution in [2.24, 2.45) is 0 Å². The van der Waals surface area contributed by atoms with Crippen molar-refractivity contribution < 1.29 is 29.5 Å². The zero-order valence-electron chi connectivity index (χ0n) is 18.2. The smallest absolute Gasteiger partial charge is 0.434 e. The van der Waals surface area contributed by atoms with Crippen LogP contribution >= 0.6 is 22.9 Å². The molecule has 0 fully saturated rings. The third-order valence-electron chi connectivity index (χ3n) is 5.97. The summed E-state index contributed by atoms with van der Waals surface area (Å²) in [5.74, 6) is 0.501. The number of aliphatic hydroxyl groups is 2. The van der Waals surface area contributed by atoms with E-state index in [1.165, 1.54) is 0 Å². The first-order valence-corrected chi connectivity index (χ1v) is 12.1. The van der Waals surface area contributed by atoms with Crippen LogP contribution in [-0.2, 0) is 12.6 Å². The Morgan fingerprint density at radius 3 is 2.71 bits per heavy atom. The number of hydrogen-bond acceptors (Lipinski definition) is 6. The maximum absolute atomic E-state index is 13.3. The van der Waals surface area contributed by atoms with Gasteiger partial charge in [-0.1, -0.05) is 23.7 Å². The minimum atomic E-state index is -4.51. The first-order valence-electron chi connectivity index (χ1n) is 10.9. The molecule has 0 saturated heterocycles. The number of anilines is 1. The number of aromatic amines is 1. The Morgan fingerprint density at radius 1 is 1.26 bits per heavy atom. The Labute approximate surface area is 209 Å². The number of rotatable bonds is 6. The summed E-state index contributed by atoms with van der Waals surface area (Å²) in [7, 11) is 0. The number of ether oxygens (including phenoxy) is 1. The molecule has 186 valence electrons. The average molecular weight is 526 g/mol. The molecule has 1 aliphatic rings. The minimum Gasteiger partial charge on any atom is -0.491 e. The van der Waals surface area contributed by atoms with Crippen molar-refractivity contribution in [3.8, 4) is 5.75 Å². The molecule has 35 heavy (non-hydrogen) atoms. The molecule has 2 atom stereocenters. The van der Waals surface area contributed by atoms with Crippen molar-refractivity contribution in [1.29, 1.82) is 0 Å². The quantitative estimate of drug-likeness (QED) is 0.313. The lowest BCUT2D eigenvalue weighted by molar-refractivity contribution is -0.140. The highest BCUT2D eigenvalue weighted by Gasteiger charge is 2.37. The molecular formula is C24H23ClF3N3O3S. The third-order valence-corrected chi connectivity index (χ3v) is 7.08. The van der Waals surface area contributed by atoms with Crippen molar-refractivity contribution in [1.82, 2.24) is 9.97 Å². The van der Waals surface area contributed by atoms with E-state index in [4.69, 9.17) is 21.4 Å². The average Bonchev–Trinajstić information content (AvgIpc) is 3.47. The van der Waals surface area contributed by atoms with E-state index in [0.29, 0.717) is 23.7 Å². The SMILES string of the molecule is OC[C@@H](O)COc1ccc([C@H]2c3[nH]c4ccc(Cl)cc4c3CCN2c2nc(C(F)(F)F)cs2)cc1.[HH]. The topological polar surface area (TPSA) is 81.6 Å². The normalized spacial score (nSPS) is 17.0. The molecule has 0 radical (unpaired) electrons. The molecule has 4 aromatic rings. The second kappa shape index (κ2) is 9.34. The Hall–Kier alpha value is -2.79. The van der Waals surface area contributed by atoms with Crippen molar-refractivity contribution >= 4 is 39.0 Å². The van der Waals surface area contributed by atoms with Gasteiger partial charge in [-0.2, -0.15) is 13.2 Å². The standard InChI is InChI=1S/C24H21ClF3N3O3S.H2/c25-14-3-6-19-18(9-14)17-7-8-31(23-30-20(12-35-23)24(26,27)28)22(21(17)29-19)13-1-4-16(5-2-13)34-11-15(33)10-32;/h1-6,9,12,15,22,29,32-33H,7-8,10-11H2;1H/t15-,22+;/m1./s1. The molecule has 3 N–H and O–H groups in total. The second-order valence-corrected chi connectivity index (χ2v) is 9.56. The number of thiazole rings is 1. The molecule has 3 heterocycles. The number of benzene rings is 2. The van der Waals surface area contributed by atoms with Crippen LogP contribution in [0.1, 0.15) is 30.0 Å². The molecule has 1 aliphatic heterocycles. The van der Waals surface area contributed by atoms with Crippen LogP contribution < -0.4 is 9.64 Å². The van der Waals surface area contributed by atoms with Crippen LogP contribution in [0.15, 0.2) is 47.8 Å². The third kappa shape index (κ3) is 4.71. The molecule has 0 unspecified atom stereocenters. The molecule has 0 bridgehead atoms. The van der Waals surface area contributed by atoms with Gasteiger partial charge in [-0.15, -0.1) is 11.3 Å². The van der Waals surface area contributed by atoms with Crippen molar-refractivity contribution in [2.45, 2.75) is 24.7 Å². The summed E-state index contributed by atoms with van der Waals surface area (Å²) in [6.45, 7) is 0.0105.